The smallest absolute Gasteiger partial charge is 0.258 e. The van der Waals surface area contributed by atoms with Gasteiger partial charge in [-0.25, -0.2) is 0 Å². The van der Waals surface area contributed by atoms with Crippen LogP contribution in [0.4, 0.5) is 0 Å². The van der Waals surface area contributed by atoms with Crippen molar-refractivity contribution in [1.29, 1.82) is 0 Å². The van der Waals surface area contributed by atoms with Crippen molar-refractivity contribution >= 4 is 21.8 Å². The lowest BCUT2D eigenvalue weighted by atomic mass is 10.1. The summed E-state index contributed by atoms with van der Waals surface area (Å²) in [5.74, 6) is 0.483. The first-order chi connectivity index (χ1) is 8.69. The van der Waals surface area contributed by atoms with Crippen molar-refractivity contribution in [2.24, 2.45) is 5.73 Å². The van der Waals surface area contributed by atoms with Crippen LogP contribution in [0.5, 0.6) is 5.75 Å². The number of hydrogen-bond acceptors (Lipinski definition) is 3. The molecule has 1 atom stereocenters. The van der Waals surface area contributed by atoms with Crippen LogP contribution in [0.3, 0.4) is 0 Å². The molecule has 5 heteroatoms. The van der Waals surface area contributed by atoms with Gasteiger partial charge in [0.15, 0.2) is 6.61 Å². The third-order valence-electron chi connectivity index (χ3n) is 2.34. The highest BCUT2D eigenvalue weighted by Crippen LogP contribution is 2.27. The average molecular weight is 329 g/mol. The van der Waals surface area contributed by atoms with E-state index in [1.165, 1.54) is 0 Å². The van der Waals surface area contributed by atoms with Crippen LogP contribution in [0.25, 0.3) is 0 Å². The molecule has 0 aromatic heterocycles. The summed E-state index contributed by atoms with van der Waals surface area (Å²) < 4.78 is 6.46. The number of halogens is 1. The molecule has 19 heavy (non-hydrogen) atoms. The molecule has 0 saturated heterocycles. The van der Waals surface area contributed by atoms with E-state index < -0.39 is 0 Å². The number of carbonyl (C=O) groups is 1. The Hall–Kier alpha value is -1.07. The minimum Gasteiger partial charge on any atom is -0.483 e. The molecule has 0 heterocycles. The Bertz CT molecular complexity index is 453. The fraction of sp³-hybridized carbons (Fsp3) is 0.500. The van der Waals surface area contributed by atoms with E-state index in [0.29, 0.717) is 5.75 Å². The highest BCUT2D eigenvalue weighted by molar-refractivity contribution is 9.10. The lowest BCUT2D eigenvalue weighted by Gasteiger charge is -2.21. The normalized spacial score (nSPS) is 12.9. The van der Waals surface area contributed by atoms with Crippen molar-refractivity contribution in [3.8, 4) is 5.75 Å². The second kappa shape index (κ2) is 6.39. The van der Waals surface area contributed by atoms with Crippen molar-refractivity contribution in [3.63, 3.8) is 0 Å². The van der Waals surface area contributed by atoms with Gasteiger partial charge in [-0.05, 0) is 39.8 Å². The summed E-state index contributed by atoms with van der Waals surface area (Å²) in [6.45, 7) is 7.64. The topological polar surface area (TPSA) is 64.3 Å². The van der Waals surface area contributed by atoms with Gasteiger partial charge in [0.1, 0.15) is 5.75 Å². The van der Waals surface area contributed by atoms with Crippen molar-refractivity contribution in [1.82, 2.24) is 5.32 Å². The number of nitrogens with two attached hydrogens (primary N) is 1. The van der Waals surface area contributed by atoms with Crippen molar-refractivity contribution < 1.29 is 9.53 Å². The van der Waals surface area contributed by atoms with Gasteiger partial charge in [0.05, 0.1) is 0 Å². The molecule has 106 valence electrons. The fourth-order valence-electron chi connectivity index (χ4n) is 1.61. The second-order valence-electron chi connectivity index (χ2n) is 5.56. The van der Waals surface area contributed by atoms with Crippen molar-refractivity contribution in [3.05, 3.63) is 28.2 Å². The minimum absolute atomic E-state index is 0.0204. The Balaban J connectivity index is 2.72. The monoisotopic (exact) mass is 328 g/mol. The Labute approximate surface area is 122 Å². The number of carbonyl (C=O) groups excluding carboxylic acids is 1. The van der Waals surface area contributed by atoms with E-state index >= 15 is 0 Å². The molecule has 0 radical (unpaired) electrons. The second-order valence-corrected chi connectivity index (χ2v) is 6.47. The molecule has 0 spiro atoms. The molecule has 0 fully saturated rings. The van der Waals surface area contributed by atoms with E-state index in [1.807, 2.05) is 45.9 Å². The first-order valence-electron chi connectivity index (χ1n) is 6.18. The third kappa shape index (κ3) is 5.61. The molecule has 0 unspecified atom stereocenters. The van der Waals surface area contributed by atoms with E-state index in [0.717, 1.165) is 10.0 Å². The average Bonchev–Trinajstić information content (AvgIpc) is 2.23. The van der Waals surface area contributed by atoms with Gasteiger partial charge in [-0.15, -0.1) is 0 Å². The van der Waals surface area contributed by atoms with Crippen molar-refractivity contribution in [2.75, 3.05) is 6.61 Å². The molecule has 4 nitrogen and oxygen atoms in total. The lowest BCUT2D eigenvalue weighted by Crippen LogP contribution is -2.43. The van der Waals surface area contributed by atoms with Gasteiger partial charge < -0.3 is 15.8 Å². The SMILES string of the molecule is C[C@H](N)c1ccc(Br)cc1OCC(=O)NC(C)(C)C. The number of rotatable bonds is 4. The molecule has 1 rings (SSSR count). The summed E-state index contributed by atoms with van der Waals surface area (Å²) in [6.07, 6.45) is 0. The quantitative estimate of drug-likeness (QED) is 0.893. The summed E-state index contributed by atoms with van der Waals surface area (Å²) in [5.41, 5.74) is 6.50. The summed E-state index contributed by atoms with van der Waals surface area (Å²) in [5, 5.41) is 2.85. The Morgan fingerprint density at radius 2 is 2.11 bits per heavy atom. The van der Waals surface area contributed by atoms with Gasteiger partial charge in [0.2, 0.25) is 0 Å². The summed E-state index contributed by atoms with van der Waals surface area (Å²) >= 11 is 3.38. The number of amides is 1. The zero-order chi connectivity index (χ0) is 14.6. The molecular weight excluding hydrogens is 308 g/mol. The number of benzene rings is 1. The molecule has 3 N–H and O–H groups in total. The standard InChI is InChI=1S/C14H21BrN2O2/c1-9(16)11-6-5-10(15)7-12(11)19-8-13(18)17-14(2,3)4/h5-7,9H,8,16H2,1-4H3,(H,17,18)/t9-/m0/s1. The third-order valence-corrected chi connectivity index (χ3v) is 2.83. The number of hydrogen-bond donors (Lipinski definition) is 2. The van der Waals surface area contributed by atoms with Gasteiger partial charge >= 0.3 is 0 Å². The predicted octanol–water partition coefficient (Wildman–Crippen LogP) is 2.76. The van der Waals surface area contributed by atoms with Crippen LogP contribution in [-0.2, 0) is 4.79 Å². The van der Waals surface area contributed by atoms with Gasteiger partial charge in [0.25, 0.3) is 5.91 Å². The highest BCUT2D eigenvalue weighted by Gasteiger charge is 2.15. The first-order valence-corrected chi connectivity index (χ1v) is 6.97. The van der Waals surface area contributed by atoms with E-state index in [2.05, 4.69) is 21.2 Å². The summed E-state index contributed by atoms with van der Waals surface area (Å²) in [4.78, 5) is 11.7. The van der Waals surface area contributed by atoms with Crippen LogP contribution in [0.15, 0.2) is 22.7 Å². The maximum atomic E-state index is 11.7. The zero-order valence-electron chi connectivity index (χ0n) is 11.8. The molecule has 0 aliphatic carbocycles. The molecule has 0 bridgehead atoms. The molecule has 1 amide bonds. The van der Waals surface area contributed by atoms with Gasteiger partial charge in [-0.3, -0.25) is 4.79 Å². The molecule has 0 aliphatic heterocycles. The Morgan fingerprint density at radius 1 is 1.47 bits per heavy atom. The van der Waals surface area contributed by atoms with E-state index in [-0.39, 0.29) is 24.1 Å². The minimum atomic E-state index is -0.262. The molecule has 1 aromatic rings. The van der Waals surface area contributed by atoms with Gasteiger partial charge in [-0.1, -0.05) is 22.0 Å². The Morgan fingerprint density at radius 3 is 2.63 bits per heavy atom. The molecule has 1 aromatic carbocycles. The van der Waals surface area contributed by atoms with Crippen molar-refractivity contribution in [2.45, 2.75) is 39.3 Å². The molecule has 0 aliphatic rings. The fourth-order valence-corrected chi connectivity index (χ4v) is 1.95. The van der Waals surface area contributed by atoms with Crippen LogP contribution in [0.1, 0.15) is 39.3 Å². The van der Waals surface area contributed by atoms with E-state index in [4.69, 9.17) is 10.5 Å². The van der Waals surface area contributed by atoms with Crippen LogP contribution >= 0.6 is 15.9 Å². The summed E-state index contributed by atoms with van der Waals surface area (Å²) in [7, 11) is 0. The highest BCUT2D eigenvalue weighted by atomic mass is 79.9. The van der Waals surface area contributed by atoms with E-state index in [1.54, 1.807) is 0 Å². The zero-order valence-corrected chi connectivity index (χ0v) is 13.4. The molecular formula is C14H21BrN2O2. The maximum absolute atomic E-state index is 11.7. The Kier molecular flexibility index (Phi) is 5.38. The van der Waals surface area contributed by atoms with Gasteiger partial charge in [-0.2, -0.15) is 0 Å². The van der Waals surface area contributed by atoms with E-state index in [9.17, 15) is 4.79 Å². The van der Waals surface area contributed by atoms with Crippen LogP contribution in [0, 0.1) is 0 Å². The van der Waals surface area contributed by atoms with Crippen LogP contribution < -0.4 is 15.8 Å². The molecule has 0 saturated carbocycles. The van der Waals surface area contributed by atoms with Crippen LogP contribution in [-0.4, -0.2) is 18.1 Å². The lowest BCUT2D eigenvalue weighted by molar-refractivity contribution is -0.124. The summed E-state index contributed by atoms with van der Waals surface area (Å²) in [6, 6.07) is 5.48. The predicted molar refractivity (Wildman–Crippen MR) is 80.1 cm³/mol. The van der Waals surface area contributed by atoms with Crippen LogP contribution in [0.2, 0.25) is 0 Å². The number of nitrogens with one attached hydrogen (secondary N) is 1. The maximum Gasteiger partial charge on any atom is 0.258 e. The number of ether oxygens (including phenoxy) is 1. The largest absolute Gasteiger partial charge is 0.483 e. The first kappa shape index (κ1) is 16.0. The van der Waals surface area contributed by atoms with Gasteiger partial charge in [0, 0.05) is 21.6 Å².